The molecule has 0 spiro atoms. The maximum absolute atomic E-state index is 14.5. The Morgan fingerprint density at radius 3 is 2.90 bits per heavy atom. The topological polar surface area (TPSA) is 69.0 Å². The number of fused-ring (bicyclic) bond motifs is 2. The van der Waals surface area contributed by atoms with Gasteiger partial charge >= 0.3 is 0 Å². The molecule has 0 saturated heterocycles. The van der Waals surface area contributed by atoms with E-state index in [4.69, 9.17) is 4.74 Å². The minimum absolute atomic E-state index is 0.172. The average molecular weight is 408 g/mol. The van der Waals surface area contributed by atoms with Crippen LogP contribution < -0.4 is 10.1 Å². The number of carbonyl (C=O) groups is 1. The number of ether oxygens (including phenoxy) is 1. The van der Waals surface area contributed by atoms with Crippen molar-refractivity contribution in [2.24, 2.45) is 0 Å². The smallest absolute Gasteiger partial charge is 0.226 e. The lowest BCUT2D eigenvalue weighted by Gasteiger charge is -2.24. The fourth-order valence-corrected chi connectivity index (χ4v) is 4.77. The number of carbonyl (C=O) groups excluding carboxylic acids is 1. The summed E-state index contributed by atoms with van der Waals surface area (Å²) in [6, 6.07) is 12.2. The first-order valence-electron chi connectivity index (χ1n) is 9.14. The lowest BCUT2D eigenvalue weighted by Crippen LogP contribution is -2.25. The van der Waals surface area contributed by atoms with Gasteiger partial charge in [-0.2, -0.15) is 9.78 Å². The third-order valence-corrected chi connectivity index (χ3v) is 6.14. The van der Waals surface area contributed by atoms with E-state index in [1.54, 1.807) is 30.0 Å². The summed E-state index contributed by atoms with van der Waals surface area (Å²) < 4.78 is 22.4. The van der Waals surface area contributed by atoms with E-state index in [9.17, 15) is 9.18 Å². The largest absolute Gasteiger partial charge is 0.497 e. The van der Waals surface area contributed by atoms with Crippen molar-refractivity contribution in [3.63, 3.8) is 0 Å². The van der Waals surface area contributed by atoms with E-state index in [0.29, 0.717) is 16.5 Å². The molecule has 4 aromatic rings. The molecule has 0 bridgehead atoms. The fourth-order valence-electron chi connectivity index (χ4n) is 3.82. The fraction of sp³-hybridized carbons (Fsp3) is 0.190. The lowest BCUT2D eigenvalue weighted by molar-refractivity contribution is -0.116. The van der Waals surface area contributed by atoms with Crippen molar-refractivity contribution < 1.29 is 13.9 Å². The minimum atomic E-state index is -0.386. The van der Waals surface area contributed by atoms with Gasteiger partial charge in [0.15, 0.2) is 0 Å². The first kappa shape index (κ1) is 17.8. The summed E-state index contributed by atoms with van der Waals surface area (Å²) >= 11 is 1.45. The van der Waals surface area contributed by atoms with Gasteiger partial charge in [-0.05, 0) is 36.8 Å². The van der Waals surface area contributed by atoms with Gasteiger partial charge in [0.25, 0.3) is 0 Å². The number of amides is 1. The number of thiazole rings is 1. The van der Waals surface area contributed by atoms with Crippen LogP contribution in [0.5, 0.6) is 5.75 Å². The second-order valence-corrected chi connectivity index (χ2v) is 7.93. The molecule has 2 aromatic heterocycles. The van der Waals surface area contributed by atoms with Crippen LogP contribution in [0.15, 0.2) is 42.5 Å². The van der Waals surface area contributed by atoms with Gasteiger partial charge in [-0.25, -0.2) is 9.37 Å². The number of nitrogens with zero attached hydrogens (tertiary/aromatic N) is 3. The predicted octanol–water partition coefficient (Wildman–Crippen LogP) is 4.41. The lowest BCUT2D eigenvalue weighted by atomic mass is 9.85. The summed E-state index contributed by atoms with van der Waals surface area (Å²) in [6.07, 6.45) is 0.178. The van der Waals surface area contributed by atoms with E-state index in [1.807, 2.05) is 25.1 Å². The van der Waals surface area contributed by atoms with Gasteiger partial charge < -0.3 is 10.1 Å². The molecule has 6 nitrogen and oxygen atoms in total. The number of rotatable bonds is 3. The predicted molar refractivity (Wildman–Crippen MR) is 110 cm³/mol. The SMILES string of the molecule is COc1ccc2nc(-n3nc(C)c4c3NC(=O)CC4c3ccccc3F)sc2c1. The summed E-state index contributed by atoms with van der Waals surface area (Å²) in [6.45, 7) is 1.87. The molecular weight excluding hydrogens is 391 g/mol. The zero-order chi connectivity index (χ0) is 20.1. The van der Waals surface area contributed by atoms with Crippen molar-refractivity contribution in [1.29, 1.82) is 0 Å². The maximum atomic E-state index is 14.5. The monoisotopic (exact) mass is 408 g/mol. The molecule has 0 fully saturated rings. The van der Waals surface area contributed by atoms with Gasteiger partial charge in [0.1, 0.15) is 17.4 Å². The van der Waals surface area contributed by atoms with Gasteiger partial charge in [0.2, 0.25) is 11.0 Å². The van der Waals surface area contributed by atoms with Gasteiger partial charge in [-0.15, -0.1) is 0 Å². The van der Waals surface area contributed by atoms with Gasteiger partial charge in [-0.3, -0.25) is 4.79 Å². The molecule has 0 aliphatic carbocycles. The highest BCUT2D eigenvalue weighted by Crippen LogP contribution is 2.41. The number of anilines is 1. The molecule has 29 heavy (non-hydrogen) atoms. The molecule has 2 aromatic carbocycles. The summed E-state index contributed by atoms with van der Waals surface area (Å²) in [5.41, 5.74) is 2.89. The molecule has 1 aliphatic heterocycles. The highest BCUT2D eigenvalue weighted by molar-refractivity contribution is 7.20. The van der Waals surface area contributed by atoms with Crippen LogP contribution in [0.2, 0.25) is 0 Å². The number of aromatic nitrogens is 3. The van der Waals surface area contributed by atoms with E-state index < -0.39 is 0 Å². The van der Waals surface area contributed by atoms with Crippen molar-refractivity contribution in [3.8, 4) is 10.9 Å². The number of benzene rings is 2. The third kappa shape index (κ3) is 2.87. The van der Waals surface area contributed by atoms with Crippen LogP contribution in [0, 0.1) is 12.7 Å². The van der Waals surface area contributed by atoms with Crippen LogP contribution in [0.1, 0.15) is 29.2 Å². The Balaban J connectivity index is 1.67. The first-order valence-corrected chi connectivity index (χ1v) is 9.95. The Kier molecular flexibility index (Phi) is 4.09. The van der Waals surface area contributed by atoms with Crippen LogP contribution in [0.4, 0.5) is 10.2 Å². The molecule has 8 heteroatoms. The zero-order valence-corrected chi connectivity index (χ0v) is 16.6. The van der Waals surface area contributed by atoms with Gasteiger partial charge in [-0.1, -0.05) is 29.5 Å². The highest BCUT2D eigenvalue weighted by Gasteiger charge is 2.34. The van der Waals surface area contributed by atoms with Crippen LogP contribution in [0.3, 0.4) is 0 Å². The van der Waals surface area contributed by atoms with Crippen LogP contribution in [0.25, 0.3) is 15.3 Å². The maximum Gasteiger partial charge on any atom is 0.226 e. The molecule has 3 heterocycles. The molecule has 1 atom stereocenters. The molecule has 0 saturated carbocycles. The van der Waals surface area contributed by atoms with Gasteiger partial charge in [0.05, 0.1) is 23.0 Å². The highest BCUT2D eigenvalue weighted by atomic mass is 32.1. The molecule has 5 rings (SSSR count). The molecular formula is C21H17FN4O2S. The van der Waals surface area contributed by atoms with E-state index in [2.05, 4.69) is 15.4 Å². The van der Waals surface area contributed by atoms with Crippen LogP contribution >= 0.6 is 11.3 Å². The number of halogens is 1. The molecule has 1 unspecified atom stereocenters. The number of hydrogen-bond donors (Lipinski definition) is 1. The van der Waals surface area contributed by atoms with Crippen molar-refractivity contribution in [2.75, 3.05) is 12.4 Å². The third-order valence-electron chi connectivity index (χ3n) is 5.15. The van der Waals surface area contributed by atoms with Crippen LogP contribution in [-0.4, -0.2) is 27.8 Å². The second-order valence-electron chi connectivity index (χ2n) is 6.92. The van der Waals surface area contributed by atoms with E-state index in [1.165, 1.54) is 17.4 Å². The van der Waals surface area contributed by atoms with Crippen molar-refractivity contribution in [1.82, 2.24) is 14.8 Å². The number of hydrogen-bond acceptors (Lipinski definition) is 5. The standard InChI is InChI=1S/C21H17FN4O2S/c1-11-19-14(13-5-3-4-6-15(13)22)10-18(27)24-20(19)26(25-11)21-23-16-8-7-12(28-2)9-17(16)29-21/h3-9,14H,10H2,1-2H3,(H,24,27). The van der Waals surface area contributed by atoms with Crippen molar-refractivity contribution >= 4 is 33.3 Å². The second kappa shape index (κ2) is 6.66. The number of aryl methyl sites for hydroxylation is 1. The summed E-state index contributed by atoms with van der Waals surface area (Å²) in [5.74, 6) is 0.424. The molecule has 146 valence electrons. The minimum Gasteiger partial charge on any atom is -0.497 e. The zero-order valence-electron chi connectivity index (χ0n) is 15.8. The molecule has 1 N–H and O–H groups in total. The molecule has 1 amide bonds. The van der Waals surface area contributed by atoms with Crippen LogP contribution in [-0.2, 0) is 4.79 Å². The summed E-state index contributed by atoms with van der Waals surface area (Å²) in [5, 5.41) is 8.18. The van der Waals surface area contributed by atoms with Gasteiger partial charge in [0, 0.05) is 17.9 Å². The van der Waals surface area contributed by atoms with Crippen molar-refractivity contribution in [2.45, 2.75) is 19.3 Å². The Labute approximate surface area is 170 Å². The molecule has 0 radical (unpaired) electrons. The quantitative estimate of drug-likeness (QED) is 0.545. The Morgan fingerprint density at radius 1 is 1.28 bits per heavy atom. The van der Waals surface area contributed by atoms with E-state index in [0.717, 1.165) is 27.2 Å². The Morgan fingerprint density at radius 2 is 2.10 bits per heavy atom. The Hall–Kier alpha value is -3.26. The van der Waals surface area contributed by atoms with Crippen molar-refractivity contribution in [3.05, 3.63) is 65.1 Å². The number of nitrogens with one attached hydrogen (secondary N) is 1. The first-order chi connectivity index (χ1) is 14.0. The normalized spacial score (nSPS) is 16.0. The molecule has 1 aliphatic rings. The number of methoxy groups -OCH3 is 1. The average Bonchev–Trinajstić information content (AvgIpc) is 3.28. The summed E-state index contributed by atoms with van der Waals surface area (Å²) in [7, 11) is 1.62. The van der Waals surface area contributed by atoms with E-state index >= 15 is 0 Å². The Bertz CT molecular complexity index is 1260. The summed E-state index contributed by atoms with van der Waals surface area (Å²) in [4.78, 5) is 17.1. The van der Waals surface area contributed by atoms with E-state index in [-0.39, 0.29) is 24.1 Å².